The van der Waals surface area contributed by atoms with Crippen molar-refractivity contribution in [2.24, 2.45) is 0 Å². The van der Waals surface area contributed by atoms with Crippen LogP contribution in [0.2, 0.25) is 5.02 Å². The Balaban J connectivity index is 2.03. The van der Waals surface area contributed by atoms with Gasteiger partial charge in [0.25, 0.3) is 0 Å². The average molecular weight is 372 g/mol. The molecule has 0 aliphatic heterocycles. The average Bonchev–Trinajstić information content (AvgIpc) is 2.63. The number of ether oxygens (including phenoxy) is 1. The van der Waals surface area contributed by atoms with Gasteiger partial charge in [0.05, 0.1) is 34.6 Å². The highest BCUT2D eigenvalue weighted by Crippen LogP contribution is 2.23. The Labute approximate surface area is 154 Å². The SMILES string of the molecule is COC(=O)c1ccc(Cl)c(NC(=O)CC(=O)Nc2ccccc2C#N)c1. The number of nitriles is 1. The van der Waals surface area contributed by atoms with Gasteiger partial charge in [0, 0.05) is 0 Å². The lowest BCUT2D eigenvalue weighted by Gasteiger charge is -2.10. The second kappa shape index (κ2) is 8.65. The molecule has 0 fully saturated rings. The van der Waals surface area contributed by atoms with Gasteiger partial charge < -0.3 is 15.4 Å². The number of methoxy groups -OCH3 is 1. The Morgan fingerprint density at radius 1 is 1.08 bits per heavy atom. The number of carbonyl (C=O) groups excluding carboxylic acids is 3. The largest absolute Gasteiger partial charge is 0.465 e. The van der Waals surface area contributed by atoms with Crippen LogP contribution in [0.4, 0.5) is 11.4 Å². The number of amides is 2. The summed E-state index contributed by atoms with van der Waals surface area (Å²) in [6.07, 6.45) is -0.488. The Bertz CT molecular complexity index is 906. The topological polar surface area (TPSA) is 108 Å². The normalized spacial score (nSPS) is 9.73. The molecule has 0 radical (unpaired) electrons. The zero-order chi connectivity index (χ0) is 19.1. The predicted octanol–water partition coefficient (Wildman–Crippen LogP) is 2.97. The first kappa shape index (κ1) is 19.0. The highest BCUT2D eigenvalue weighted by molar-refractivity contribution is 6.34. The van der Waals surface area contributed by atoms with Crippen LogP contribution >= 0.6 is 11.6 Å². The van der Waals surface area contributed by atoms with Gasteiger partial charge in [-0.15, -0.1) is 0 Å². The number of carbonyl (C=O) groups is 3. The van der Waals surface area contributed by atoms with Gasteiger partial charge in [-0.3, -0.25) is 9.59 Å². The van der Waals surface area contributed by atoms with Crippen LogP contribution in [0.25, 0.3) is 0 Å². The van der Waals surface area contributed by atoms with E-state index in [1.165, 1.54) is 25.3 Å². The van der Waals surface area contributed by atoms with Gasteiger partial charge >= 0.3 is 5.97 Å². The van der Waals surface area contributed by atoms with E-state index in [-0.39, 0.29) is 21.8 Å². The zero-order valence-electron chi connectivity index (χ0n) is 13.7. The highest BCUT2D eigenvalue weighted by Gasteiger charge is 2.15. The quantitative estimate of drug-likeness (QED) is 0.620. The van der Waals surface area contributed by atoms with E-state index in [0.29, 0.717) is 5.69 Å². The zero-order valence-corrected chi connectivity index (χ0v) is 14.5. The van der Waals surface area contributed by atoms with Crippen molar-refractivity contribution in [3.05, 3.63) is 58.6 Å². The summed E-state index contributed by atoms with van der Waals surface area (Å²) in [6.45, 7) is 0. The monoisotopic (exact) mass is 371 g/mol. The summed E-state index contributed by atoms with van der Waals surface area (Å²) < 4.78 is 4.60. The molecule has 26 heavy (non-hydrogen) atoms. The molecule has 2 aromatic carbocycles. The third-order valence-electron chi connectivity index (χ3n) is 3.30. The molecule has 0 aromatic heterocycles. The van der Waals surface area contributed by atoms with Crippen molar-refractivity contribution in [1.29, 1.82) is 5.26 Å². The number of para-hydroxylation sites is 1. The molecule has 132 valence electrons. The van der Waals surface area contributed by atoms with Gasteiger partial charge in [-0.2, -0.15) is 5.26 Å². The molecule has 0 saturated heterocycles. The number of halogens is 1. The fraction of sp³-hybridized carbons (Fsp3) is 0.111. The minimum Gasteiger partial charge on any atom is -0.465 e. The predicted molar refractivity (Wildman–Crippen MR) is 95.8 cm³/mol. The third kappa shape index (κ3) is 4.82. The number of benzene rings is 2. The summed E-state index contributed by atoms with van der Waals surface area (Å²) in [5.74, 6) is -1.80. The van der Waals surface area contributed by atoms with E-state index in [1.54, 1.807) is 24.3 Å². The fourth-order valence-corrected chi connectivity index (χ4v) is 2.25. The third-order valence-corrected chi connectivity index (χ3v) is 3.63. The summed E-state index contributed by atoms with van der Waals surface area (Å²) in [4.78, 5) is 35.6. The molecule has 7 nitrogen and oxygen atoms in total. The smallest absolute Gasteiger partial charge is 0.337 e. The molecule has 2 aromatic rings. The molecule has 0 heterocycles. The van der Waals surface area contributed by atoms with Crippen molar-refractivity contribution in [1.82, 2.24) is 0 Å². The summed E-state index contributed by atoms with van der Waals surface area (Å²) in [6, 6.07) is 12.6. The van der Waals surface area contributed by atoms with E-state index in [0.717, 1.165) is 0 Å². The Morgan fingerprint density at radius 3 is 2.38 bits per heavy atom. The molecule has 0 atom stereocenters. The molecule has 2 rings (SSSR count). The summed E-state index contributed by atoms with van der Waals surface area (Å²) in [5.41, 5.74) is 0.998. The lowest BCUT2D eigenvalue weighted by Crippen LogP contribution is -2.22. The first-order valence-corrected chi connectivity index (χ1v) is 7.79. The lowest BCUT2D eigenvalue weighted by molar-refractivity contribution is -0.123. The molecule has 0 aliphatic rings. The fourth-order valence-electron chi connectivity index (χ4n) is 2.09. The van der Waals surface area contributed by atoms with Crippen molar-refractivity contribution >= 4 is 40.8 Å². The number of hydrogen-bond donors (Lipinski definition) is 2. The molecular weight excluding hydrogens is 358 g/mol. The molecule has 0 unspecified atom stereocenters. The number of anilines is 2. The minimum atomic E-state index is -0.624. The molecule has 0 bridgehead atoms. The number of hydrogen-bond acceptors (Lipinski definition) is 5. The van der Waals surface area contributed by atoms with E-state index < -0.39 is 24.2 Å². The van der Waals surface area contributed by atoms with Crippen LogP contribution in [0, 0.1) is 11.3 Å². The Kier molecular flexibility index (Phi) is 6.31. The van der Waals surface area contributed by atoms with Gasteiger partial charge in [0.15, 0.2) is 0 Å². The van der Waals surface area contributed by atoms with Gasteiger partial charge in [-0.1, -0.05) is 23.7 Å². The molecular formula is C18H14ClN3O4. The maximum atomic E-state index is 12.1. The summed E-state index contributed by atoms with van der Waals surface area (Å²) in [5, 5.41) is 14.2. The number of rotatable bonds is 5. The first-order valence-electron chi connectivity index (χ1n) is 7.41. The Hall–Kier alpha value is -3.37. The van der Waals surface area contributed by atoms with Gasteiger partial charge in [-0.05, 0) is 30.3 Å². The van der Waals surface area contributed by atoms with Gasteiger partial charge in [-0.25, -0.2) is 4.79 Å². The van der Waals surface area contributed by atoms with Crippen LogP contribution in [-0.4, -0.2) is 24.9 Å². The van der Waals surface area contributed by atoms with Crippen LogP contribution in [0.5, 0.6) is 0 Å². The summed E-state index contributed by atoms with van der Waals surface area (Å²) in [7, 11) is 1.23. The minimum absolute atomic E-state index is 0.185. The van der Waals surface area contributed by atoms with Gasteiger partial charge in [0.1, 0.15) is 12.5 Å². The highest BCUT2D eigenvalue weighted by atomic mass is 35.5. The van der Waals surface area contributed by atoms with Crippen LogP contribution < -0.4 is 10.6 Å². The van der Waals surface area contributed by atoms with Crippen LogP contribution in [-0.2, 0) is 14.3 Å². The van der Waals surface area contributed by atoms with Crippen molar-refractivity contribution in [3.63, 3.8) is 0 Å². The molecule has 2 N–H and O–H groups in total. The van der Waals surface area contributed by atoms with E-state index in [2.05, 4.69) is 15.4 Å². The maximum absolute atomic E-state index is 12.1. The molecule has 0 saturated carbocycles. The van der Waals surface area contributed by atoms with Crippen molar-refractivity contribution in [3.8, 4) is 6.07 Å². The van der Waals surface area contributed by atoms with E-state index in [4.69, 9.17) is 16.9 Å². The second-order valence-corrected chi connectivity index (χ2v) is 5.52. The van der Waals surface area contributed by atoms with Crippen LogP contribution in [0.15, 0.2) is 42.5 Å². The number of nitrogens with zero attached hydrogens (tertiary/aromatic N) is 1. The van der Waals surface area contributed by atoms with E-state index in [1.807, 2.05) is 6.07 Å². The Morgan fingerprint density at radius 2 is 1.73 bits per heavy atom. The lowest BCUT2D eigenvalue weighted by atomic mass is 10.2. The van der Waals surface area contributed by atoms with E-state index >= 15 is 0 Å². The van der Waals surface area contributed by atoms with Crippen LogP contribution in [0.1, 0.15) is 22.3 Å². The number of esters is 1. The molecule has 8 heteroatoms. The number of nitrogens with one attached hydrogen (secondary N) is 2. The molecule has 0 aliphatic carbocycles. The van der Waals surface area contributed by atoms with Crippen LogP contribution in [0.3, 0.4) is 0 Å². The maximum Gasteiger partial charge on any atom is 0.337 e. The summed E-state index contributed by atoms with van der Waals surface area (Å²) >= 11 is 5.99. The first-order chi connectivity index (χ1) is 12.4. The van der Waals surface area contributed by atoms with Crippen molar-refractivity contribution < 1.29 is 19.1 Å². The van der Waals surface area contributed by atoms with Crippen molar-refractivity contribution in [2.45, 2.75) is 6.42 Å². The van der Waals surface area contributed by atoms with Gasteiger partial charge in [0.2, 0.25) is 11.8 Å². The molecule has 2 amide bonds. The van der Waals surface area contributed by atoms with E-state index in [9.17, 15) is 14.4 Å². The molecule has 0 spiro atoms. The standard InChI is InChI=1S/C18H14ClN3O4/c1-26-18(25)11-6-7-13(19)15(8-11)22-17(24)9-16(23)21-14-5-3-2-4-12(14)10-20/h2-8H,9H2,1H3,(H,21,23)(H,22,24). The second-order valence-electron chi connectivity index (χ2n) is 5.12. The van der Waals surface area contributed by atoms with Crippen molar-refractivity contribution in [2.75, 3.05) is 17.7 Å².